The summed E-state index contributed by atoms with van der Waals surface area (Å²) in [6.07, 6.45) is 3.63. The molecule has 0 aliphatic carbocycles. The fraction of sp³-hybridized carbons (Fsp3) is 0.600. The topological polar surface area (TPSA) is 87.9 Å². The van der Waals surface area contributed by atoms with Gasteiger partial charge >= 0.3 is 0 Å². The summed E-state index contributed by atoms with van der Waals surface area (Å²) in [6.45, 7) is 4.69. The van der Waals surface area contributed by atoms with Crippen LogP contribution in [0.25, 0.3) is 0 Å². The summed E-state index contributed by atoms with van der Waals surface area (Å²) in [7, 11) is 1.72. The van der Waals surface area contributed by atoms with Gasteiger partial charge in [-0.15, -0.1) is 0 Å². The standard InChI is InChI=1S/C15H24N4O3/c1-15(6-4-10-22-15)11-19-14(16-2)18-8-7-17-13(20)12-5-3-9-21-12/h3,5,9H,4,6-8,10-11H2,1-2H3,(H,17,20)(H2,16,18,19). The molecule has 1 aliphatic heterocycles. The Morgan fingerprint density at radius 3 is 2.82 bits per heavy atom. The lowest BCUT2D eigenvalue weighted by atomic mass is 10.0. The van der Waals surface area contributed by atoms with Crippen molar-refractivity contribution in [1.29, 1.82) is 0 Å². The van der Waals surface area contributed by atoms with Gasteiger partial charge in [-0.3, -0.25) is 9.79 Å². The third-order valence-corrected chi connectivity index (χ3v) is 3.60. The van der Waals surface area contributed by atoms with Crippen LogP contribution >= 0.6 is 0 Å². The number of carbonyl (C=O) groups excluding carboxylic acids is 1. The van der Waals surface area contributed by atoms with E-state index >= 15 is 0 Å². The van der Waals surface area contributed by atoms with Gasteiger partial charge in [0.05, 0.1) is 11.9 Å². The molecule has 1 amide bonds. The normalized spacial score (nSPS) is 21.6. The zero-order chi connectivity index (χ0) is 15.8. The molecule has 7 nitrogen and oxygen atoms in total. The molecule has 1 saturated heterocycles. The van der Waals surface area contributed by atoms with Gasteiger partial charge in [-0.1, -0.05) is 0 Å². The molecular formula is C15H24N4O3. The molecule has 2 heterocycles. The highest BCUT2D eigenvalue weighted by molar-refractivity contribution is 5.91. The van der Waals surface area contributed by atoms with E-state index in [0.29, 0.717) is 31.4 Å². The zero-order valence-corrected chi connectivity index (χ0v) is 13.1. The molecule has 1 unspecified atom stereocenters. The van der Waals surface area contributed by atoms with E-state index in [1.54, 1.807) is 19.2 Å². The number of hydrogen-bond acceptors (Lipinski definition) is 4. The molecule has 2 rings (SSSR count). The third kappa shape index (κ3) is 4.77. The fourth-order valence-corrected chi connectivity index (χ4v) is 2.32. The molecule has 0 saturated carbocycles. The van der Waals surface area contributed by atoms with E-state index in [9.17, 15) is 4.79 Å². The first-order chi connectivity index (χ1) is 10.6. The van der Waals surface area contributed by atoms with Crippen LogP contribution in [-0.4, -0.2) is 50.8 Å². The van der Waals surface area contributed by atoms with Gasteiger partial charge in [0.25, 0.3) is 5.91 Å². The summed E-state index contributed by atoms with van der Waals surface area (Å²) >= 11 is 0. The van der Waals surface area contributed by atoms with Gasteiger partial charge in [0, 0.05) is 33.3 Å². The molecule has 1 aliphatic rings. The highest BCUT2D eigenvalue weighted by Crippen LogP contribution is 2.23. The van der Waals surface area contributed by atoms with Crippen LogP contribution in [0.15, 0.2) is 27.8 Å². The van der Waals surface area contributed by atoms with E-state index in [1.165, 1.54) is 6.26 Å². The van der Waals surface area contributed by atoms with E-state index < -0.39 is 0 Å². The lowest BCUT2D eigenvalue weighted by molar-refractivity contribution is 0.0243. The maximum atomic E-state index is 11.7. The smallest absolute Gasteiger partial charge is 0.287 e. The van der Waals surface area contributed by atoms with Gasteiger partial charge in [-0.05, 0) is 31.9 Å². The van der Waals surface area contributed by atoms with Crippen LogP contribution in [0.1, 0.15) is 30.3 Å². The van der Waals surface area contributed by atoms with Crippen molar-refractivity contribution in [3.05, 3.63) is 24.2 Å². The Morgan fingerprint density at radius 2 is 2.18 bits per heavy atom. The Kier molecular flexibility index (Phi) is 5.83. The summed E-state index contributed by atoms with van der Waals surface area (Å²) in [6, 6.07) is 3.32. The number of rotatable bonds is 6. The van der Waals surface area contributed by atoms with Crippen molar-refractivity contribution in [3.63, 3.8) is 0 Å². The first-order valence-corrected chi connectivity index (χ1v) is 7.53. The Morgan fingerprint density at radius 1 is 1.36 bits per heavy atom. The first kappa shape index (κ1) is 16.4. The first-order valence-electron chi connectivity index (χ1n) is 7.53. The van der Waals surface area contributed by atoms with Crippen LogP contribution in [0.5, 0.6) is 0 Å². The number of carbonyl (C=O) groups is 1. The molecule has 0 radical (unpaired) electrons. The molecule has 0 bridgehead atoms. The van der Waals surface area contributed by atoms with Gasteiger partial charge in [0.1, 0.15) is 0 Å². The maximum Gasteiger partial charge on any atom is 0.287 e. The van der Waals surface area contributed by atoms with Gasteiger partial charge < -0.3 is 25.1 Å². The lowest BCUT2D eigenvalue weighted by Crippen LogP contribution is -2.47. The second kappa shape index (κ2) is 7.84. The number of guanidine groups is 1. The van der Waals surface area contributed by atoms with E-state index in [1.807, 2.05) is 0 Å². The van der Waals surface area contributed by atoms with Gasteiger partial charge in [-0.25, -0.2) is 0 Å². The third-order valence-electron chi connectivity index (χ3n) is 3.60. The minimum absolute atomic E-state index is 0.120. The van der Waals surface area contributed by atoms with Crippen molar-refractivity contribution in [3.8, 4) is 0 Å². The number of nitrogens with one attached hydrogen (secondary N) is 3. The molecule has 3 N–H and O–H groups in total. The molecule has 22 heavy (non-hydrogen) atoms. The van der Waals surface area contributed by atoms with E-state index in [0.717, 1.165) is 19.4 Å². The van der Waals surface area contributed by atoms with E-state index in [2.05, 4.69) is 27.9 Å². The van der Waals surface area contributed by atoms with Crippen molar-refractivity contribution in [2.45, 2.75) is 25.4 Å². The number of furan rings is 1. The summed E-state index contributed by atoms with van der Waals surface area (Å²) in [5, 5.41) is 9.17. The SMILES string of the molecule is CN=C(NCCNC(=O)c1ccco1)NCC1(C)CCCO1. The fourth-order valence-electron chi connectivity index (χ4n) is 2.32. The quantitative estimate of drug-likeness (QED) is 0.410. The largest absolute Gasteiger partial charge is 0.459 e. The maximum absolute atomic E-state index is 11.7. The highest BCUT2D eigenvalue weighted by Gasteiger charge is 2.29. The van der Waals surface area contributed by atoms with Crippen molar-refractivity contribution < 1.29 is 13.9 Å². The van der Waals surface area contributed by atoms with Crippen molar-refractivity contribution in [1.82, 2.24) is 16.0 Å². The van der Waals surface area contributed by atoms with Gasteiger partial charge in [0.2, 0.25) is 0 Å². The minimum atomic E-state index is -0.221. The average Bonchev–Trinajstić information content (AvgIpc) is 3.18. The molecule has 122 valence electrons. The molecule has 1 fully saturated rings. The summed E-state index contributed by atoms with van der Waals surface area (Å²) < 4.78 is 10.7. The van der Waals surface area contributed by atoms with Crippen LogP contribution in [0, 0.1) is 0 Å². The van der Waals surface area contributed by atoms with Crippen LogP contribution < -0.4 is 16.0 Å². The monoisotopic (exact) mass is 308 g/mol. The minimum Gasteiger partial charge on any atom is -0.459 e. The van der Waals surface area contributed by atoms with Crippen LogP contribution in [0.2, 0.25) is 0 Å². The van der Waals surface area contributed by atoms with Crippen LogP contribution in [0.4, 0.5) is 0 Å². The number of nitrogens with zero attached hydrogens (tertiary/aromatic N) is 1. The average molecular weight is 308 g/mol. The summed E-state index contributed by atoms with van der Waals surface area (Å²) in [5.41, 5.74) is -0.120. The Balaban J connectivity index is 1.63. The molecule has 0 spiro atoms. The molecule has 7 heteroatoms. The number of aliphatic imine (C=N–C) groups is 1. The second-order valence-corrected chi connectivity index (χ2v) is 5.49. The molecule has 1 aromatic heterocycles. The number of ether oxygens (including phenoxy) is 1. The van der Waals surface area contributed by atoms with Crippen molar-refractivity contribution in [2.24, 2.45) is 4.99 Å². The van der Waals surface area contributed by atoms with Gasteiger partial charge in [-0.2, -0.15) is 0 Å². The molecule has 0 aromatic carbocycles. The van der Waals surface area contributed by atoms with E-state index in [4.69, 9.17) is 9.15 Å². The predicted molar refractivity (Wildman–Crippen MR) is 84.0 cm³/mol. The predicted octanol–water partition coefficient (Wildman–Crippen LogP) is 0.743. The summed E-state index contributed by atoms with van der Waals surface area (Å²) in [5.74, 6) is 0.791. The molecule has 1 atom stereocenters. The highest BCUT2D eigenvalue weighted by atomic mass is 16.5. The second-order valence-electron chi connectivity index (χ2n) is 5.49. The van der Waals surface area contributed by atoms with Crippen LogP contribution in [-0.2, 0) is 4.74 Å². The summed E-state index contributed by atoms with van der Waals surface area (Å²) in [4.78, 5) is 15.8. The Hall–Kier alpha value is -2.02. The molecular weight excluding hydrogens is 284 g/mol. The molecule has 1 aromatic rings. The van der Waals surface area contributed by atoms with Crippen molar-refractivity contribution >= 4 is 11.9 Å². The Labute approximate surface area is 130 Å². The number of amides is 1. The van der Waals surface area contributed by atoms with Crippen molar-refractivity contribution in [2.75, 3.05) is 33.3 Å². The van der Waals surface area contributed by atoms with E-state index in [-0.39, 0.29) is 11.5 Å². The van der Waals surface area contributed by atoms with Crippen LogP contribution in [0.3, 0.4) is 0 Å². The zero-order valence-electron chi connectivity index (χ0n) is 13.1. The number of hydrogen-bond donors (Lipinski definition) is 3. The lowest BCUT2D eigenvalue weighted by Gasteiger charge is -2.24. The Bertz CT molecular complexity index is 493. The van der Waals surface area contributed by atoms with Gasteiger partial charge in [0.15, 0.2) is 11.7 Å².